The molecule has 8 heteroatoms. The topological polar surface area (TPSA) is 83.6 Å². The van der Waals surface area contributed by atoms with Crippen LogP contribution in [0.5, 0.6) is 5.75 Å². The molecule has 7 nitrogen and oxygen atoms in total. The van der Waals surface area contributed by atoms with Crippen LogP contribution < -0.4 is 15.4 Å². The second-order valence-corrected chi connectivity index (χ2v) is 8.32. The Morgan fingerprint density at radius 1 is 1.15 bits per heavy atom. The molecule has 1 atom stereocenters. The molecule has 2 aliphatic heterocycles. The largest absolute Gasteiger partial charge is 0.494 e. The van der Waals surface area contributed by atoms with E-state index in [9.17, 15) is 14.0 Å². The van der Waals surface area contributed by atoms with Crippen LogP contribution in [0.3, 0.4) is 0 Å². The van der Waals surface area contributed by atoms with Gasteiger partial charge in [-0.25, -0.2) is 4.39 Å². The lowest BCUT2D eigenvalue weighted by atomic mass is 9.88. The third-order valence-electron chi connectivity index (χ3n) is 6.12. The zero-order valence-corrected chi connectivity index (χ0v) is 18.6. The first kappa shape index (κ1) is 21.6. The zero-order valence-electron chi connectivity index (χ0n) is 18.6. The van der Waals surface area contributed by atoms with Crippen molar-refractivity contribution >= 4 is 11.8 Å². The highest BCUT2D eigenvalue weighted by atomic mass is 19.1. The quantitative estimate of drug-likeness (QED) is 0.592. The summed E-state index contributed by atoms with van der Waals surface area (Å²) < 4.78 is 18.8. The van der Waals surface area contributed by atoms with Crippen LogP contribution >= 0.6 is 0 Å². The van der Waals surface area contributed by atoms with Crippen LogP contribution in [-0.4, -0.2) is 34.8 Å². The average Bonchev–Trinajstić information content (AvgIpc) is 3.30. The minimum Gasteiger partial charge on any atom is -0.494 e. The van der Waals surface area contributed by atoms with Crippen molar-refractivity contribution in [3.05, 3.63) is 95.7 Å². The van der Waals surface area contributed by atoms with Crippen molar-refractivity contribution in [3.63, 3.8) is 0 Å². The molecule has 3 heterocycles. The normalized spacial score (nSPS) is 19.1. The highest BCUT2D eigenvalue weighted by Gasteiger charge is 2.48. The first-order valence-corrected chi connectivity index (χ1v) is 11.0. The first-order valence-electron chi connectivity index (χ1n) is 11.0. The molecule has 2 N–H and O–H groups in total. The number of nitrogens with one attached hydrogen (secondary N) is 2. The predicted molar refractivity (Wildman–Crippen MR) is 124 cm³/mol. The summed E-state index contributed by atoms with van der Waals surface area (Å²) in [6.07, 6.45) is 1.16. The number of hydrogen-bond donors (Lipinski definition) is 2. The Morgan fingerprint density at radius 3 is 2.59 bits per heavy atom. The van der Waals surface area contributed by atoms with Crippen LogP contribution in [0.25, 0.3) is 11.3 Å². The fourth-order valence-corrected chi connectivity index (χ4v) is 4.48. The van der Waals surface area contributed by atoms with Crippen molar-refractivity contribution in [2.45, 2.75) is 19.0 Å². The molecular weight excluding hydrogens is 435 g/mol. The molecule has 1 fully saturated rings. The third-order valence-corrected chi connectivity index (χ3v) is 6.12. The molecule has 5 rings (SSSR count). The zero-order chi connectivity index (χ0) is 23.9. The van der Waals surface area contributed by atoms with E-state index in [1.54, 1.807) is 17.0 Å². The number of nitrogens with zero attached hydrogens (tertiary/aromatic N) is 2. The van der Waals surface area contributed by atoms with E-state index in [0.717, 1.165) is 17.3 Å². The van der Waals surface area contributed by atoms with Gasteiger partial charge in [-0.1, -0.05) is 36.9 Å². The number of amides is 2. The van der Waals surface area contributed by atoms with E-state index in [-0.39, 0.29) is 18.4 Å². The number of pyridine rings is 1. The summed E-state index contributed by atoms with van der Waals surface area (Å²) in [6, 6.07) is 15.7. The predicted octanol–water partition coefficient (Wildman–Crippen LogP) is 3.33. The van der Waals surface area contributed by atoms with Gasteiger partial charge in [0.2, 0.25) is 0 Å². The Bertz CT molecular complexity index is 1290. The van der Waals surface area contributed by atoms with Gasteiger partial charge in [-0.15, -0.1) is 0 Å². The Labute approximate surface area is 196 Å². The molecular formula is C26H23FN4O3. The highest BCUT2D eigenvalue weighted by molar-refractivity contribution is 6.00. The van der Waals surface area contributed by atoms with Gasteiger partial charge in [0, 0.05) is 17.7 Å². The molecule has 0 unspecified atom stereocenters. The Hall–Kier alpha value is -4.20. The molecule has 172 valence electrons. The van der Waals surface area contributed by atoms with E-state index in [1.165, 1.54) is 6.07 Å². The van der Waals surface area contributed by atoms with Crippen LogP contribution in [0.4, 0.5) is 4.39 Å². The summed E-state index contributed by atoms with van der Waals surface area (Å²) in [7, 11) is 0. The third kappa shape index (κ3) is 3.67. The fourth-order valence-electron chi connectivity index (χ4n) is 4.48. The molecule has 2 aliphatic rings. The second kappa shape index (κ2) is 8.30. The number of aromatic nitrogens is 1. The Morgan fingerprint density at radius 2 is 1.94 bits per heavy atom. The maximum Gasteiger partial charge on any atom is 0.257 e. The van der Waals surface area contributed by atoms with E-state index in [1.807, 2.05) is 43.3 Å². The van der Waals surface area contributed by atoms with E-state index < -0.39 is 11.4 Å². The average molecular weight is 458 g/mol. The molecule has 2 amide bonds. The number of halogens is 1. The number of benzene rings is 2. The van der Waals surface area contributed by atoms with Gasteiger partial charge < -0.3 is 20.3 Å². The second-order valence-electron chi connectivity index (χ2n) is 8.32. The molecule has 0 radical (unpaired) electrons. The maximum atomic E-state index is 13.2. The van der Waals surface area contributed by atoms with Crippen molar-refractivity contribution < 1.29 is 18.7 Å². The van der Waals surface area contributed by atoms with Crippen LogP contribution in [0.15, 0.2) is 73.2 Å². The molecule has 0 spiro atoms. The Balaban J connectivity index is 1.45. The summed E-state index contributed by atoms with van der Waals surface area (Å²) in [5.41, 5.74) is 2.34. The van der Waals surface area contributed by atoms with Gasteiger partial charge in [-0.3, -0.25) is 14.6 Å². The van der Waals surface area contributed by atoms with Gasteiger partial charge in [-0.05, 0) is 42.3 Å². The SMILES string of the molecule is C=C1NC(=O)[C@](CN2Cc3ccc(OCC)cc3C2=O)(c2ccc(-c3ccc(F)cn3)cc2)N1. The minimum atomic E-state index is -1.20. The number of carbonyl (C=O) groups excluding carboxylic acids is 2. The van der Waals surface area contributed by atoms with E-state index in [0.29, 0.717) is 41.5 Å². The van der Waals surface area contributed by atoms with E-state index >= 15 is 0 Å². The van der Waals surface area contributed by atoms with Gasteiger partial charge in [0.1, 0.15) is 11.6 Å². The maximum absolute atomic E-state index is 13.2. The van der Waals surface area contributed by atoms with Crippen LogP contribution in [0.2, 0.25) is 0 Å². The lowest BCUT2D eigenvalue weighted by molar-refractivity contribution is -0.124. The van der Waals surface area contributed by atoms with E-state index in [2.05, 4.69) is 22.2 Å². The molecule has 34 heavy (non-hydrogen) atoms. The van der Waals surface area contributed by atoms with Gasteiger partial charge in [0.05, 0.1) is 30.9 Å². The monoisotopic (exact) mass is 458 g/mol. The molecule has 0 bridgehead atoms. The summed E-state index contributed by atoms with van der Waals surface area (Å²) in [6.45, 7) is 6.76. The van der Waals surface area contributed by atoms with Crippen molar-refractivity contribution in [2.24, 2.45) is 0 Å². The van der Waals surface area contributed by atoms with Crippen molar-refractivity contribution in [3.8, 4) is 17.0 Å². The summed E-state index contributed by atoms with van der Waals surface area (Å²) in [5, 5.41) is 5.91. The number of rotatable bonds is 6. The first-order chi connectivity index (χ1) is 16.4. The number of carbonyl (C=O) groups is 2. The standard InChI is InChI=1S/C26H23FN4O3/c1-3-34-21-10-6-18-14-31(24(32)22(18)12-21)15-26(25(33)29-16(2)30-26)19-7-4-17(5-8-19)23-11-9-20(27)13-28-23/h4-13,30H,2-3,14-15H2,1H3,(H,29,33)/t26-/m0/s1. The molecule has 1 aromatic heterocycles. The number of fused-ring (bicyclic) bond motifs is 1. The summed E-state index contributed by atoms with van der Waals surface area (Å²) >= 11 is 0. The highest BCUT2D eigenvalue weighted by Crippen LogP contribution is 2.34. The lowest BCUT2D eigenvalue weighted by Gasteiger charge is -2.32. The van der Waals surface area contributed by atoms with Gasteiger partial charge >= 0.3 is 0 Å². The van der Waals surface area contributed by atoms with Crippen LogP contribution in [0.1, 0.15) is 28.4 Å². The summed E-state index contributed by atoms with van der Waals surface area (Å²) in [4.78, 5) is 32.1. The van der Waals surface area contributed by atoms with Crippen molar-refractivity contribution in [1.29, 1.82) is 0 Å². The molecule has 0 aliphatic carbocycles. The van der Waals surface area contributed by atoms with Crippen molar-refractivity contribution in [1.82, 2.24) is 20.5 Å². The number of ether oxygens (including phenoxy) is 1. The molecule has 2 aromatic carbocycles. The number of hydrogen-bond acceptors (Lipinski definition) is 5. The molecule has 0 saturated carbocycles. The van der Waals surface area contributed by atoms with Gasteiger partial charge in [-0.2, -0.15) is 0 Å². The molecule has 3 aromatic rings. The van der Waals surface area contributed by atoms with Gasteiger partial charge in [0.25, 0.3) is 11.8 Å². The van der Waals surface area contributed by atoms with Crippen LogP contribution in [0, 0.1) is 5.82 Å². The Kier molecular flexibility index (Phi) is 5.28. The molecule has 1 saturated heterocycles. The van der Waals surface area contributed by atoms with Gasteiger partial charge in [0.15, 0.2) is 5.54 Å². The van der Waals surface area contributed by atoms with Crippen molar-refractivity contribution in [2.75, 3.05) is 13.2 Å². The van der Waals surface area contributed by atoms with E-state index in [4.69, 9.17) is 4.74 Å². The summed E-state index contributed by atoms with van der Waals surface area (Å²) in [5.74, 6) is 0.159. The minimum absolute atomic E-state index is 0.115. The smallest absolute Gasteiger partial charge is 0.257 e. The fraction of sp³-hybridized carbons (Fsp3) is 0.192. The lowest BCUT2D eigenvalue weighted by Crippen LogP contribution is -2.52. The van der Waals surface area contributed by atoms with Crippen LogP contribution in [-0.2, 0) is 16.9 Å².